The third-order valence-corrected chi connectivity index (χ3v) is 5.60. The maximum Gasteiger partial charge on any atom is 0.256 e. The Morgan fingerprint density at radius 2 is 1.90 bits per heavy atom. The molecule has 0 bridgehead atoms. The molecule has 4 rings (SSSR count). The first-order chi connectivity index (χ1) is 14.5. The molecule has 0 saturated carbocycles. The first-order valence-corrected chi connectivity index (χ1v) is 10.3. The van der Waals surface area contributed by atoms with Crippen LogP contribution in [-0.2, 0) is 17.8 Å². The Labute approximate surface area is 176 Å². The standard InChI is InChI=1S/C24H26N4O2/c1-16-14-26-28(22-9-5-7-19-6-3-4-8-21(19)22)23(16)27-24(30)20-12-10-18(11-13-20)15-25-17(2)29/h3-4,6,8,10-14,22H,5,7,9,15H2,1-2H3,(H,25,29)(H,27,30). The first kappa shape index (κ1) is 19.9. The third kappa shape index (κ3) is 4.13. The van der Waals surface area contributed by atoms with Crippen molar-refractivity contribution in [3.63, 3.8) is 0 Å². The molecule has 1 atom stereocenters. The van der Waals surface area contributed by atoms with Crippen molar-refractivity contribution in [2.45, 2.75) is 45.7 Å². The summed E-state index contributed by atoms with van der Waals surface area (Å²) in [4.78, 5) is 24.0. The van der Waals surface area contributed by atoms with Gasteiger partial charge >= 0.3 is 0 Å². The molecular formula is C24H26N4O2. The van der Waals surface area contributed by atoms with Crippen LogP contribution in [0.5, 0.6) is 0 Å². The molecule has 1 heterocycles. The molecule has 30 heavy (non-hydrogen) atoms. The highest BCUT2D eigenvalue weighted by Crippen LogP contribution is 2.35. The molecule has 2 N–H and O–H groups in total. The number of aromatic nitrogens is 2. The van der Waals surface area contributed by atoms with Gasteiger partial charge < -0.3 is 10.6 Å². The number of nitrogens with one attached hydrogen (secondary N) is 2. The van der Waals surface area contributed by atoms with Gasteiger partial charge in [-0.25, -0.2) is 4.68 Å². The molecule has 1 unspecified atom stereocenters. The number of fused-ring (bicyclic) bond motifs is 1. The van der Waals surface area contributed by atoms with Gasteiger partial charge in [0.1, 0.15) is 5.82 Å². The van der Waals surface area contributed by atoms with E-state index in [0.29, 0.717) is 12.1 Å². The van der Waals surface area contributed by atoms with Crippen molar-refractivity contribution >= 4 is 17.6 Å². The van der Waals surface area contributed by atoms with Crippen LogP contribution in [0.1, 0.15) is 58.4 Å². The summed E-state index contributed by atoms with van der Waals surface area (Å²) in [5, 5.41) is 10.4. The molecule has 6 heteroatoms. The number of aryl methyl sites for hydroxylation is 2. The van der Waals surface area contributed by atoms with E-state index in [4.69, 9.17) is 0 Å². The number of benzene rings is 2. The minimum Gasteiger partial charge on any atom is -0.352 e. The second-order valence-corrected chi connectivity index (χ2v) is 7.79. The van der Waals surface area contributed by atoms with E-state index >= 15 is 0 Å². The van der Waals surface area contributed by atoms with Gasteiger partial charge in [-0.1, -0.05) is 36.4 Å². The smallest absolute Gasteiger partial charge is 0.256 e. The van der Waals surface area contributed by atoms with Crippen LogP contribution < -0.4 is 10.6 Å². The summed E-state index contributed by atoms with van der Waals surface area (Å²) in [5.41, 5.74) is 5.09. The van der Waals surface area contributed by atoms with Crippen LogP contribution in [0.15, 0.2) is 54.7 Å². The van der Waals surface area contributed by atoms with Crippen molar-refractivity contribution in [2.75, 3.05) is 5.32 Å². The van der Waals surface area contributed by atoms with E-state index in [0.717, 1.165) is 36.2 Å². The summed E-state index contributed by atoms with van der Waals surface area (Å²) in [6, 6.07) is 15.9. The second-order valence-electron chi connectivity index (χ2n) is 7.79. The fraction of sp³-hybridized carbons (Fsp3) is 0.292. The van der Waals surface area contributed by atoms with Crippen molar-refractivity contribution in [1.82, 2.24) is 15.1 Å². The van der Waals surface area contributed by atoms with Crippen LogP contribution in [0.3, 0.4) is 0 Å². The number of amides is 2. The molecule has 0 spiro atoms. The number of hydrogen-bond donors (Lipinski definition) is 2. The van der Waals surface area contributed by atoms with E-state index in [9.17, 15) is 9.59 Å². The predicted molar refractivity (Wildman–Crippen MR) is 116 cm³/mol. The number of hydrogen-bond acceptors (Lipinski definition) is 3. The number of anilines is 1. The van der Waals surface area contributed by atoms with E-state index in [1.54, 1.807) is 12.1 Å². The SMILES string of the molecule is CC(=O)NCc1ccc(C(=O)Nc2c(C)cnn2C2CCCc3ccccc32)cc1. The van der Waals surface area contributed by atoms with E-state index in [2.05, 4.69) is 40.0 Å². The van der Waals surface area contributed by atoms with Gasteiger partial charge in [0.25, 0.3) is 5.91 Å². The Balaban J connectivity index is 1.54. The van der Waals surface area contributed by atoms with E-state index in [1.165, 1.54) is 18.1 Å². The molecule has 2 aromatic carbocycles. The molecule has 0 radical (unpaired) electrons. The minimum absolute atomic E-state index is 0.0788. The molecule has 1 aliphatic rings. The van der Waals surface area contributed by atoms with Crippen LogP contribution in [0.25, 0.3) is 0 Å². The lowest BCUT2D eigenvalue weighted by atomic mass is 9.88. The molecule has 0 saturated heterocycles. The summed E-state index contributed by atoms with van der Waals surface area (Å²) >= 11 is 0. The molecular weight excluding hydrogens is 376 g/mol. The highest BCUT2D eigenvalue weighted by molar-refractivity contribution is 6.04. The molecule has 0 aliphatic heterocycles. The maximum atomic E-state index is 12.9. The monoisotopic (exact) mass is 402 g/mol. The zero-order valence-corrected chi connectivity index (χ0v) is 17.3. The number of carbonyl (C=O) groups excluding carboxylic acids is 2. The number of rotatable bonds is 5. The quantitative estimate of drug-likeness (QED) is 0.677. The Morgan fingerprint density at radius 3 is 2.67 bits per heavy atom. The molecule has 1 aliphatic carbocycles. The fourth-order valence-electron chi connectivity index (χ4n) is 4.00. The van der Waals surface area contributed by atoms with Gasteiger partial charge in [-0.05, 0) is 55.0 Å². The summed E-state index contributed by atoms with van der Waals surface area (Å²) in [6.07, 6.45) is 4.99. The zero-order valence-electron chi connectivity index (χ0n) is 17.3. The molecule has 6 nitrogen and oxygen atoms in total. The third-order valence-electron chi connectivity index (χ3n) is 5.60. The van der Waals surface area contributed by atoms with E-state index in [1.807, 2.05) is 29.9 Å². The molecule has 154 valence electrons. The normalized spacial score (nSPS) is 15.3. The average molecular weight is 402 g/mol. The molecule has 0 fully saturated rings. The zero-order chi connectivity index (χ0) is 21.1. The number of carbonyl (C=O) groups is 2. The van der Waals surface area contributed by atoms with Crippen LogP contribution in [0.4, 0.5) is 5.82 Å². The van der Waals surface area contributed by atoms with Crippen molar-refractivity contribution in [3.8, 4) is 0 Å². The van der Waals surface area contributed by atoms with Gasteiger partial charge in [-0.2, -0.15) is 5.10 Å². The van der Waals surface area contributed by atoms with E-state index < -0.39 is 0 Å². The molecule has 1 aromatic heterocycles. The first-order valence-electron chi connectivity index (χ1n) is 10.3. The minimum atomic E-state index is -0.171. The van der Waals surface area contributed by atoms with Crippen molar-refractivity contribution in [2.24, 2.45) is 0 Å². The van der Waals surface area contributed by atoms with Crippen LogP contribution in [0, 0.1) is 6.92 Å². The average Bonchev–Trinajstić information content (AvgIpc) is 3.12. The summed E-state index contributed by atoms with van der Waals surface area (Å²) in [7, 11) is 0. The Kier molecular flexibility index (Phi) is 5.65. The van der Waals surface area contributed by atoms with E-state index in [-0.39, 0.29) is 17.9 Å². The van der Waals surface area contributed by atoms with Gasteiger partial charge in [0, 0.05) is 24.6 Å². The highest BCUT2D eigenvalue weighted by atomic mass is 16.2. The van der Waals surface area contributed by atoms with Crippen molar-refractivity contribution in [1.29, 1.82) is 0 Å². The Bertz CT molecular complexity index is 1070. The van der Waals surface area contributed by atoms with Crippen LogP contribution in [-0.4, -0.2) is 21.6 Å². The lowest BCUT2D eigenvalue weighted by molar-refractivity contribution is -0.119. The van der Waals surface area contributed by atoms with Crippen LogP contribution in [0.2, 0.25) is 0 Å². The van der Waals surface area contributed by atoms with Gasteiger partial charge in [0.05, 0.1) is 12.2 Å². The largest absolute Gasteiger partial charge is 0.352 e. The Hall–Kier alpha value is -3.41. The summed E-state index contributed by atoms with van der Waals surface area (Å²) in [6.45, 7) is 3.90. The van der Waals surface area contributed by atoms with Gasteiger partial charge in [0.15, 0.2) is 0 Å². The van der Waals surface area contributed by atoms with Crippen LogP contribution >= 0.6 is 0 Å². The highest BCUT2D eigenvalue weighted by Gasteiger charge is 2.25. The van der Waals surface area contributed by atoms with Crippen molar-refractivity contribution < 1.29 is 9.59 Å². The van der Waals surface area contributed by atoms with Gasteiger partial charge in [0.2, 0.25) is 5.91 Å². The lowest BCUT2D eigenvalue weighted by Gasteiger charge is -2.27. The van der Waals surface area contributed by atoms with Crippen molar-refractivity contribution in [3.05, 3.63) is 82.5 Å². The van der Waals surface area contributed by atoms with Gasteiger partial charge in [-0.15, -0.1) is 0 Å². The molecule has 2 amide bonds. The molecule has 3 aromatic rings. The Morgan fingerprint density at radius 1 is 1.13 bits per heavy atom. The maximum absolute atomic E-state index is 12.9. The fourth-order valence-corrected chi connectivity index (χ4v) is 4.00. The summed E-state index contributed by atoms with van der Waals surface area (Å²) in [5.74, 6) is 0.490. The van der Waals surface area contributed by atoms with Gasteiger partial charge in [-0.3, -0.25) is 9.59 Å². The topological polar surface area (TPSA) is 76.0 Å². The number of nitrogens with zero attached hydrogens (tertiary/aromatic N) is 2. The predicted octanol–water partition coefficient (Wildman–Crippen LogP) is 4.01. The second kappa shape index (κ2) is 8.53. The summed E-state index contributed by atoms with van der Waals surface area (Å²) < 4.78 is 1.95. The lowest BCUT2D eigenvalue weighted by Crippen LogP contribution is -2.23.